The molecule has 4 heterocycles. The first kappa shape index (κ1) is 38.1. The Kier molecular flexibility index (Phi) is 10.9. The highest BCUT2D eigenvalue weighted by atomic mass is 16.2. The number of nitrogens with zero attached hydrogens (tertiary/aromatic N) is 6. The molecule has 2 aliphatic rings. The second kappa shape index (κ2) is 16.3. The fourth-order valence-electron chi connectivity index (χ4n) is 8.83. The van der Waals surface area contributed by atoms with Gasteiger partial charge in [-0.3, -0.25) is 19.4 Å². The maximum atomic E-state index is 14.0. The maximum absolute atomic E-state index is 14.0. The van der Waals surface area contributed by atoms with Crippen molar-refractivity contribution >= 4 is 11.8 Å². The van der Waals surface area contributed by atoms with Crippen molar-refractivity contribution < 1.29 is 9.59 Å². The van der Waals surface area contributed by atoms with Crippen LogP contribution < -0.4 is 0 Å². The van der Waals surface area contributed by atoms with Gasteiger partial charge < -0.3 is 19.8 Å². The fraction of sp³-hybridized carbons (Fsp3) is 0.319. The topological polar surface area (TPSA) is 104 Å². The first-order valence-electron chi connectivity index (χ1n) is 20.0. The minimum Gasteiger partial charge on any atom is -0.340 e. The van der Waals surface area contributed by atoms with E-state index in [0.717, 1.165) is 101 Å². The van der Waals surface area contributed by atoms with Gasteiger partial charge in [0.05, 0.1) is 35.9 Å². The van der Waals surface area contributed by atoms with Gasteiger partial charge in [0.1, 0.15) is 23.7 Å². The summed E-state index contributed by atoms with van der Waals surface area (Å²) in [4.78, 5) is 52.6. The summed E-state index contributed by atoms with van der Waals surface area (Å²) in [6.45, 7) is 3.58. The summed E-state index contributed by atoms with van der Waals surface area (Å²) in [5.74, 6) is 1.87. The Morgan fingerprint density at radius 1 is 0.614 bits per heavy atom. The van der Waals surface area contributed by atoms with Crippen LogP contribution in [0.25, 0.3) is 33.6 Å². The van der Waals surface area contributed by atoms with Gasteiger partial charge in [0, 0.05) is 13.1 Å². The van der Waals surface area contributed by atoms with Crippen LogP contribution in [0, 0.1) is 6.92 Å². The van der Waals surface area contributed by atoms with Crippen molar-refractivity contribution in [2.75, 3.05) is 41.3 Å². The van der Waals surface area contributed by atoms with E-state index in [2.05, 4.69) is 59.4 Å². The Morgan fingerprint density at radius 2 is 1.05 bits per heavy atom. The molecule has 4 atom stereocenters. The largest absolute Gasteiger partial charge is 0.340 e. The number of rotatable bonds is 11. The van der Waals surface area contributed by atoms with Gasteiger partial charge in [-0.1, -0.05) is 97.1 Å². The molecular formula is C47H52N8O2. The van der Waals surface area contributed by atoms with Crippen LogP contribution in [0.5, 0.6) is 0 Å². The van der Waals surface area contributed by atoms with E-state index in [1.807, 2.05) is 121 Å². The third-order valence-electron chi connectivity index (χ3n) is 11.7. The molecule has 2 saturated heterocycles. The number of carbonyl (C=O) groups is 2. The Morgan fingerprint density at radius 3 is 1.51 bits per heavy atom. The number of aromatic amines is 2. The Bertz CT molecular complexity index is 2310. The number of likely N-dealkylation sites (N-methyl/N-ethyl adjacent to an activating group) is 2. The van der Waals surface area contributed by atoms with Gasteiger partial charge in [-0.25, -0.2) is 9.97 Å². The van der Waals surface area contributed by atoms with E-state index in [1.165, 1.54) is 0 Å². The second-order valence-electron chi connectivity index (χ2n) is 15.9. The molecule has 292 valence electrons. The predicted molar refractivity (Wildman–Crippen MR) is 225 cm³/mol. The molecule has 57 heavy (non-hydrogen) atoms. The molecule has 0 saturated carbocycles. The van der Waals surface area contributed by atoms with Crippen LogP contribution in [0.4, 0.5) is 0 Å². The number of amides is 2. The maximum Gasteiger partial charge on any atom is 0.245 e. The van der Waals surface area contributed by atoms with Crippen LogP contribution in [0.1, 0.15) is 78.2 Å². The zero-order chi connectivity index (χ0) is 39.6. The number of benzene rings is 4. The number of carbonyl (C=O) groups excluding carboxylic acids is 2. The molecule has 6 aromatic rings. The molecule has 2 aromatic heterocycles. The Hall–Kier alpha value is -5.84. The van der Waals surface area contributed by atoms with Gasteiger partial charge in [-0.2, -0.15) is 0 Å². The van der Waals surface area contributed by atoms with Crippen LogP contribution >= 0.6 is 0 Å². The first-order valence-corrected chi connectivity index (χ1v) is 20.0. The first-order chi connectivity index (χ1) is 27.7. The van der Waals surface area contributed by atoms with E-state index in [1.54, 1.807) is 0 Å². The molecule has 0 radical (unpaired) electrons. The van der Waals surface area contributed by atoms with E-state index in [9.17, 15) is 9.59 Å². The third kappa shape index (κ3) is 7.67. The van der Waals surface area contributed by atoms with Gasteiger partial charge in [0.25, 0.3) is 0 Å². The average Bonchev–Trinajstić information content (AvgIpc) is 4.06. The lowest BCUT2D eigenvalue weighted by Crippen LogP contribution is -2.40. The molecule has 2 aliphatic heterocycles. The van der Waals surface area contributed by atoms with Crippen LogP contribution in [-0.4, -0.2) is 92.6 Å². The number of nitrogens with one attached hydrogen (secondary N) is 2. The molecule has 0 bridgehead atoms. The van der Waals surface area contributed by atoms with E-state index in [4.69, 9.17) is 9.97 Å². The molecule has 0 aliphatic carbocycles. The quantitative estimate of drug-likeness (QED) is 0.138. The summed E-state index contributed by atoms with van der Waals surface area (Å²) >= 11 is 0. The number of hydrogen-bond donors (Lipinski definition) is 2. The smallest absolute Gasteiger partial charge is 0.245 e. The van der Waals surface area contributed by atoms with Crippen LogP contribution in [-0.2, 0) is 9.59 Å². The van der Waals surface area contributed by atoms with Crippen LogP contribution in [0.15, 0.2) is 116 Å². The lowest BCUT2D eigenvalue weighted by Gasteiger charge is -2.31. The van der Waals surface area contributed by atoms with Crippen molar-refractivity contribution in [1.29, 1.82) is 0 Å². The molecule has 0 spiro atoms. The molecular weight excluding hydrogens is 709 g/mol. The van der Waals surface area contributed by atoms with Crippen molar-refractivity contribution in [2.24, 2.45) is 0 Å². The van der Waals surface area contributed by atoms with Crippen molar-refractivity contribution in [1.82, 2.24) is 39.5 Å². The molecule has 0 unspecified atom stereocenters. The van der Waals surface area contributed by atoms with Crippen molar-refractivity contribution in [2.45, 2.75) is 56.8 Å². The molecule has 8 rings (SSSR count). The number of aromatic nitrogens is 4. The summed E-state index contributed by atoms with van der Waals surface area (Å²) < 4.78 is 0. The van der Waals surface area contributed by atoms with Crippen molar-refractivity contribution in [3.05, 3.63) is 144 Å². The van der Waals surface area contributed by atoms with Crippen molar-refractivity contribution in [3.8, 4) is 33.6 Å². The van der Waals surface area contributed by atoms with Crippen molar-refractivity contribution in [3.63, 3.8) is 0 Å². The van der Waals surface area contributed by atoms with Gasteiger partial charge >= 0.3 is 0 Å². The number of H-pyrrole nitrogens is 2. The van der Waals surface area contributed by atoms with Crippen LogP contribution in [0.2, 0.25) is 0 Å². The molecule has 2 N–H and O–H groups in total. The monoisotopic (exact) mass is 760 g/mol. The molecule has 4 aromatic carbocycles. The molecule has 2 fully saturated rings. The second-order valence-corrected chi connectivity index (χ2v) is 15.9. The van der Waals surface area contributed by atoms with Gasteiger partial charge in [-0.15, -0.1) is 0 Å². The predicted octanol–water partition coefficient (Wildman–Crippen LogP) is 8.38. The number of aryl methyl sites for hydroxylation is 1. The average molecular weight is 761 g/mol. The zero-order valence-electron chi connectivity index (χ0n) is 33.5. The highest BCUT2D eigenvalue weighted by molar-refractivity contribution is 5.85. The standard InChI is InChI=1S/C47H52N8O2/c1-31-28-36(39-30-49-45(51-39)41-19-13-27-55(41)47(57)43(53(4)5)35-16-10-7-11-17-35)24-25-37(31)32-20-22-33(23-21-32)38-29-48-44(50-38)40-18-12-26-54(40)46(56)42(52(2)3)34-14-8-6-9-15-34/h6-11,14-17,20-25,28-30,40-43H,12-13,18-19,26-27H2,1-5H3,(H,48,50)(H,49,51)/t40-,41-,42+,43+/m0/s1. The number of hydrogen-bond acceptors (Lipinski definition) is 6. The van der Waals surface area contributed by atoms with Gasteiger partial charge in [0.15, 0.2) is 0 Å². The lowest BCUT2D eigenvalue weighted by atomic mass is 9.96. The molecule has 2 amide bonds. The molecule has 10 heteroatoms. The summed E-state index contributed by atoms with van der Waals surface area (Å²) in [6.07, 6.45) is 7.43. The van der Waals surface area contributed by atoms with E-state index in [-0.39, 0.29) is 36.0 Å². The fourth-order valence-corrected chi connectivity index (χ4v) is 8.83. The Labute approximate surface area is 335 Å². The summed E-state index contributed by atoms with van der Waals surface area (Å²) in [5, 5.41) is 0. The van der Waals surface area contributed by atoms with Crippen LogP contribution in [0.3, 0.4) is 0 Å². The van der Waals surface area contributed by atoms with Gasteiger partial charge in [-0.05, 0) is 106 Å². The molecule has 10 nitrogen and oxygen atoms in total. The minimum atomic E-state index is -0.343. The highest BCUT2D eigenvalue weighted by Gasteiger charge is 2.38. The Balaban J connectivity index is 0.950. The highest BCUT2D eigenvalue weighted by Crippen LogP contribution is 2.37. The minimum absolute atomic E-state index is 0.0848. The van der Waals surface area contributed by atoms with E-state index < -0.39 is 0 Å². The number of likely N-dealkylation sites (tertiary alicyclic amines) is 2. The summed E-state index contributed by atoms with van der Waals surface area (Å²) in [6, 6.07) is 34.2. The SMILES string of the molecule is Cc1cc(-c2cnc([C@@H]3CCCN3C(=O)[C@@H](c3ccccc3)N(C)C)[nH]2)ccc1-c1ccc(-c2cnc([C@@H]3CCCN3C(=O)[C@@H](c3ccccc3)N(C)C)[nH]2)cc1. The number of imidazole rings is 2. The third-order valence-corrected chi connectivity index (χ3v) is 11.7. The zero-order valence-corrected chi connectivity index (χ0v) is 33.5. The van der Waals surface area contributed by atoms with Gasteiger partial charge in [0.2, 0.25) is 11.8 Å². The summed E-state index contributed by atoms with van der Waals surface area (Å²) in [5.41, 5.74) is 9.42. The normalized spacial score (nSPS) is 18.1. The van der Waals surface area contributed by atoms with E-state index in [0.29, 0.717) is 0 Å². The van der Waals surface area contributed by atoms with E-state index >= 15 is 0 Å². The lowest BCUT2D eigenvalue weighted by molar-refractivity contribution is -0.138. The summed E-state index contributed by atoms with van der Waals surface area (Å²) in [7, 11) is 7.85.